The van der Waals surface area contributed by atoms with Crippen molar-refractivity contribution in [1.82, 2.24) is 9.88 Å². The highest BCUT2D eigenvalue weighted by Gasteiger charge is 2.31. The number of hydrogen-bond acceptors (Lipinski definition) is 3. The number of amides is 1. The first-order valence-corrected chi connectivity index (χ1v) is 6.01. The molecule has 1 aromatic rings. The molecule has 1 aliphatic heterocycles. The van der Waals surface area contributed by atoms with Crippen molar-refractivity contribution >= 4 is 27.8 Å². The number of rotatable bonds is 2. The lowest BCUT2D eigenvalue weighted by atomic mass is 10.1. The Morgan fingerprint density at radius 1 is 1.47 bits per heavy atom. The molecule has 1 N–H and O–H groups in total. The zero-order valence-corrected chi connectivity index (χ0v) is 10.6. The molecule has 1 atom stereocenters. The molecule has 0 radical (unpaired) electrons. The van der Waals surface area contributed by atoms with Gasteiger partial charge in [-0.1, -0.05) is 0 Å². The Morgan fingerprint density at radius 2 is 2.24 bits per heavy atom. The predicted molar refractivity (Wildman–Crippen MR) is 63.6 cm³/mol. The van der Waals surface area contributed by atoms with Crippen LogP contribution in [0.25, 0.3) is 0 Å². The lowest BCUT2D eigenvalue weighted by Gasteiger charge is -2.14. The van der Waals surface area contributed by atoms with Gasteiger partial charge in [0.05, 0.1) is 5.92 Å². The van der Waals surface area contributed by atoms with Crippen molar-refractivity contribution < 1.29 is 14.7 Å². The highest BCUT2D eigenvalue weighted by atomic mass is 79.9. The van der Waals surface area contributed by atoms with Crippen LogP contribution >= 0.6 is 15.9 Å². The first kappa shape index (κ1) is 12.0. The topological polar surface area (TPSA) is 70.5 Å². The average Bonchev–Trinajstić information content (AvgIpc) is 2.78. The number of hydrogen-bond donors (Lipinski definition) is 1. The highest BCUT2D eigenvalue weighted by Crippen LogP contribution is 2.18. The van der Waals surface area contributed by atoms with Crippen molar-refractivity contribution in [2.75, 3.05) is 13.1 Å². The lowest BCUT2D eigenvalue weighted by Crippen LogP contribution is -2.30. The molecule has 2 heterocycles. The monoisotopic (exact) mass is 298 g/mol. The first-order chi connectivity index (χ1) is 8.08. The number of aliphatic carboxylic acids is 1. The normalized spacial score (nSPS) is 19.4. The van der Waals surface area contributed by atoms with Crippen LogP contribution in [-0.4, -0.2) is 40.0 Å². The summed E-state index contributed by atoms with van der Waals surface area (Å²) in [4.78, 5) is 28.3. The van der Waals surface area contributed by atoms with Gasteiger partial charge in [-0.05, 0) is 34.5 Å². The highest BCUT2D eigenvalue weighted by molar-refractivity contribution is 9.10. The minimum Gasteiger partial charge on any atom is -0.481 e. The van der Waals surface area contributed by atoms with Crippen molar-refractivity contribution in [2.24, 2.45) is 5.92 Å². The molecule has 0 aliphatic carbocycles. The molecule has 0 unspecified atom stereocenters. The molecular weight excluding hydrogens is 288 g/mol. The summed E-state index contributed by atoms with van der Waals surface area (Å²) in [5.74, 6) is -1.50. The maximum atomic E-state index is 12.0. The lowest BCUT2D eigenvalue weighted by molar-refractivity contribution is -0.141. The van der Waals surface area contributed by atoms with Gasteiger partial charge in [0.2, 0.25) is 0 Å². The summed E-state index contributed by atoms with van der Waals surface area (Å²) in [6.45, 7) is 0.749. The third kappa shape index (κ3) is 2.63. The molecule has 0 spiro atoms. The number of carboxylic acid groups (broad SMARTS) is 1. The molecule has 0 bridgehead atoms. The molecule has 1 fully saturated rings. The molecule has 0 aromatic carbocycles. The SMILES string of the molecule is O=C(O)[C@@H]1CCN(C(=O)c2ccc(Br)cn2)C1. The van der Waals surface area contributed by atoms with Gasteiger partial charge < -0.3 is 10.0 Å². The number of nitrogens with zero attached hydrogens (tertiary/aromatic N) is 2. The third-order valence-corrected chi connectivity index (χ3v) is 3.24. The van der Waals surface area contributed by atoms with Gasteiger partial charge >= 0.3 is 5.97 Å². The van der Waals surface area contributed by atoms with E-state index < -0.39 is 11.9 Å². The average molecular weight is 299 g/mol. The molecule has 1 aliphatic rings. The van der Waals surface area contributed by atoms with E-state index in [-0.39, 0.29) is 12.5 Å². The van der Waals surface area contributed by atoms with Crippen molar-refractivity contribution in [1.29, 1.82) is 0 Å². The second-order valence-corrected chi connectivity index (χ2v) is 4.85. The fourth-order valence-electron chi connectivity index (χ4n) is 1.81. The van der Waals surface area contributed by atoms with Crippen LogP contribution in [0.4, 0.5) is 0 Å². The molecule has 6 heteroatoms. The largest absolute Gasteiger partial charge is 0.481 e. The number of carboxylic acids is 1. The van der Waals surface area contributed by atoms with Crippen LogP contribution in [-0.2, 0) is 4.79 Å². The summed E-state index contributed by atoms with van der Waals surface area (Å²) in [6.07, 6.45) is 2.07. The molecule has 1 amide bonds. The van der Waals surface area contributed by atoms with Gasteiger partial charge in [-0.3, -0.25) is 9.59 Å². The van der Waals surface area contributed by atoms with Crippen molar-refractivity contribution in [3.8, 4) is 0 Å². The van der Waals surface area contributed by atoms with Crippen LogP contribution in [0.5, 0.6) is 0 Å². The minimum absolute atomic E-state index is 0.207. The number of pyridine rings is 1. The number of carbonyl (C=O) groups excluding carboxylic acids is 1. The van der Waals surface area contributed by atoms with Gasteiger partial charge in [-0.25, -0.2) is 4.98 Å². The molecule has 0 saturated carbocycles. The van der Waals surface area contributed by atoms with E-state index in [2.05, 4.69) is 20.9 Å². The van der Waals surface area contributed by atoms with E-state index in [0.717, 1.165) is 4.47 Å². The molecule has 17 heavy (non-hydrogen) atoms. The van der Waals surface area contributed by atoms with Crippen LogP contribution in [0.15, 0.2) is 22.8 Å². The van der Waals surface area contributed by atoms with Crippen molar-refractivity contribution in [3.63, 3.8) is 0 Å². The quantitative estimate of drug-likeness (QED) is 0.896. The maximum absolute atomic E-state index is 12.0. The predicted octanol–water partition coefficient (Wildman–Crippen LogP) is 1.39. The van der Waals surface area contributed by atoms with Gasteiger partial charge in [-0.2, -0.15) is 0 Å². The molecule has 1 saturated heterocycles. The Bertz CT molecular complexity index is 447. The van der Waals surface area contributed by atoms with Gasteiger partial charge in [0.15, 0.2) is 0 Å². The molecule has 90 valence electrons. The van der Waals surface area contributed by atoms with Gasteiger partial charge in [0, 0.05) is 23.8 Å². The molecule has 2 rings (SSSR count). The van der Waals surface area contributed by atoms with Gasteiger partial charge in [0.1, 0.15) is 5.69 Å². The van der Waals surface area contributed by atoms with E-state index in [1.165, 1.54) is 4.90 Å². The van der Waals surface area contributed by atoms with Gasteiger partial charge in [-0.15, -0.1) is 0 Å². The Hall–Kier alpha value is -1.43. The fraction of sp³-hybridized carbons (Fsp3) is 0.364. The van der Waals surface area contributed by atoms with E-state index in [1.54, 1.807) is 18.3 Å². The Morgan fingerprint density at radius 3 is 2.76 bits per heavy atom. The standard InChI is InChI=1S/C11H11BrN2O3/c12-8-1-2-9(13-5-8)10(15)14-4-3-7(6-14)11(16)17/h1-2,5,7H,3-4,6H2,(H,16,17)/t7-/m1/s1. The van der Waals surface area contributed by atoms with Crippen molar-refractivity contribution in [2.45, 2.75) is 6.42 Å². The van der Waals surface area contributed by atoms with E-state index in [0.29, 0.717) is 18.7 Å². The summed E-state index contributed by atoms with van der Waals surface area (Å²) < 4.78 is 0.805. The summed E-state index contributed by atoms with van der Waals surface area (Å²) in [7, 11) is 0. The summed E-state index contributed by atoms with van der Waals surface area (Å²) in [5.41, 5.74) is 0.347. The molecule has 1 aromatic heterocycles. The Balaban J connectivity index is 2.07. The van der Waals surface area contributed by atoms with Crippen LogP contribution in [0.1, 0.15) is 16.9 Å². The zero-order valence-electron chi connectivity index (χ0n) is 8.97. The number of carbonyl (C=O) groups is 2. The number of likely N-dealkylation sites (tertiary alicyclic amines) is 1. The second kappa shape index (κ2) is 4.83. The molecule has 5 nitrogen and oxygen atoms in total. The van der Waals surface area contributed by atoms with E-state index in [9.17, 15) is 9.59 Å². The summed E-state index contributed by atoms with van der Waals surface area (Å²) >= 11 is 3.24. The summed E-state index contributed by atoms with van der Waals surface area (Å²) in [5, 5.41) is 8.86. The van der Waals surface area contributed by atoms with Crippen LogP contribution < -0.4 is 0 Å². The van der Waals surface area contributed by atoms with E-state index in [4.69, 9.17) is 5.11 Å². The first-order valence-electron chi connectivity index (χ1n) is 5.21. The number of halogens is 1. The van der Waals surface area contributed by atoms with Crippen LogP contribution in [0.2, 0.25) is 0 Å². The Kier molecular flexibility index (Phi) is 3.42. The second-order valence-electron chi connectivity index (χ2n) is 3.94. The number of aromatic nitrogens is 1. The zero-order chi connectivity index (χ0) is 12.4. The van der Waals surface area contributed by atoms with E-state index >= 15 is 0 Å². The molecular formula is C11H11BrN2O3. The van der Waals surface area contributed by atoms with Crippen LogP contribution in [0.3, 0.4) is 0 Å². The third-order valence-electron chi connectivity index (χ3n) is 2.77. The fourth-order valence-corrected chi connectivity index (χ4v) is 2.05. The van der Waals surface area contributed by atoms with Gasteiger partial charge in [0.25, 0.3) is 5.91 Å². The Labute approximate surface area is 107 Å². The smallest absolute Gasteiger partial charge is 0.308 e. The minimum atomic E-state index is -0.843. The van der Waals surface area contributed by atoms with Crippen molar-refractivity contribution in [3.05, 3.63) is 28.5 Å². The summed E-state index contributed by atoms with van der Waals surface area (Å²) in [6, 6.07) is 3.37. The van der Waals surface area contributed by atoms with Crippen LogP contribution in [0, 0.1) is 5.92 Å². The van der Waals surface area contributed by atoms with E-state index in [1.807, 2.05) is 0 Å². The maximum Gasteiger partial charge on any atom is 0.308 e.